The van der Waals surface area contributed by atoms with Crippen molar-refractivity contribution in [2.75, 3.05) is 5.32 Å². The Morgan fingerprint density at radius 3 is 2.96 bits per heavy atom. The lowest BCUT2D eigenvalue weighted by molar-refractivity contribution is 0.102. The van der Waals surface area contributed by atoms with Gasteiger partial charge in [0.25, 0.3) is 5.91 Å². The Labute approximate surface area is 147 Å². The molecule has 0 radical (unpaired) electrons. The normalized spacial score (nSPS) is 13.6. The zero-order chi connectivity index (χ0) is 17.2. The molecule has 1 fully saturated rings. The van der Waals surface area contributed by atoms with E-state index in [9.17, 15) is 4.79 Å². The van der Waals surface area contributed by atoms with Crippen LogP contribution in [0.1, 0.15) is 45.8 Å². The Morgan fingerprint density at radius 1 is 1.36 bits per heavy atom. The van der Waals surface area contributed by atoms with Gasteiger partial charge in [-0.2, -0.15) is 4.98 Å². The molecule has 1 N–H and O–H groups in total. The van der Waals surface area contributed by atoms with Gasteiger partial charge in [0, 0.05) is 12.8 Å². The molecule has 128 valence electrons. The molecule has 25 heavy (non-hydrogen) atoms. The van der Waals surface area contributed by atoms with E-state index < -0.39 is 0 Å². The average Bonchev–Trinajstić information content (AvgIpc) is 3.23. The largest absolute Gasteiger partial charge is 0.485 e. The van der Waals surface area contributed by atoms with Gasteiger partial charge in [-0.05, 0) is 25.0 Å². The van der Waals surface area contributed by atoms with Crippen LogP contribution in [0, 0.1) is 6.92 Å². The maximum atomic E-state index is 12.5. The lowest BCUT2D eigenvalue weighted by atomic mass is 10.2. The molecule has 1 aliphatic carbocycles. The van der Waals surface area contributed by atoms with Crippen molar-refractivity contribution >= 4 is 22.4 Å². The highest BCUT2D eigenvalue weighted by atomic mass is 32.1. The van der Waals surface area contributed by atoms with Crippen LogP contribution in [0.2, 0.25) is 0 Å². The molecule has 0 atom stereocenters. The molecular formula is C16H15N5O3S. The third kappa shape index (κ3) is 3.66. The average molecular weight is 357 g/mol. The number of aryl methyl sites for hydroxylation is 1. The second kappa shape index (κ2) is 6.60. The first kappa shape index (κ1) is 15.7. The molecule has 0 aliphatic heterocycles. The van der Waals surface area contributed by atoms with Crippen molar-refractivity contribution in [2.45, 2.75) is 32.3 Å². The fraction of sp³-hybridized carbons (Fsp3) is 0.312. The van der Waals surface area contributed by atoms with E-state index in [0.29, 0.717) is 34.1 Å². The summed E-state index contributed by atoms with van der Waals surface area (Å²) >= 11 is 1.42. The van der Waals surface area contributed by atoms with Crippen LogP contribution in [0.3, 0.4) is 0 Å². The van der Waals surface area contributed by atoms with Crippen molar-refractivity contribution in [3.05, 3.63) is 46.6 Å². The van der Waals surface area contributed by atoms with Gasteiger partial charge in [0.2, 0.25) is 16.8 Å². The Hall–Kier alpha value is -2.81. The maximum Gasteiger partial charge on any atom is 0.261 e. The van der Waals surface area contributed by atoms with Crippen molar-refractivity contribution in [2.24, 2.45) is 0 Å². The van der Waals surface area contributed by atoms with E-state index >= 15 is 0 Å². The van der Waals surface area contributed by atoms with Crippen molar-refractivity contribution in [3.8, 4) is 5.75 Å². The molecule has 3 aromatic rings. The number of aromatic nitrogens is 4. The minimum absolute atomic E-state index is 0.117. The first-order valence-corrected chi connectivity index (χ1v) is 8.66. The summed E-state index contributed by atoms with van der Waals surface area (Å²) in [5, 5.41) is 16.2. The van der Waals surface area contributed by atoms with Gasteiger partial charge in [-0.3, -0.25) is 10.1 Å². The minimum Gasteiger partial charge on any atom is -0.485 e. The van der Waals surface area contributed by atoms with Crippen LogP contribution < -0.4 is 10.1 Å². The molecule has 0 saturated heterocycles. The number of anilines is 1. The highest BCUT2D eigenvalue weighted by molar-refractivity contribution is 7.15. The Bertz CT molecular complexity index is 903. The predicted octanol–water partition coefficient (Wildman–Crippen LogP) is 2.94. The number of amides is 1. The molecule has 4 rings (SSSR count). The zero-order valence-corrected chi connectivity index (χ0v) is 14.2. The van der Waals surface area contributed by atoms with Gasteiger partial charge in [0.15, 0.2) is 6.61 Å². The van der Waals surface area contributed by atoms with E-state index in [1.165, 1.54) is 11.3 Å². The summed E-state index contributed by atoms with van der Waals surface area (Å²) < 4.78 is 10.6. The fourth-order valence-electron chi connectivity index (χ4n) is 2.27. The van der Waals surface area contributed by atoms with Gasteiger partial charge in [0.1, 0.15) is 10.8 Å². The standard InChI is InChI=1S/C16H15N5O3S/c1-9-17-13(21-24-9)8-23-12-5-3-2-4-11(12)14(22)18-16-20-19-15(25-16)10-6-7-10/h2-5,10H,6-8H2,1H3,(H,18,20,22). The van der Waals surface area contributed by atoms with Crippen LogP contribution >= 0.6 is 11.3 Å². The SMILES string of the molecule is Cc1nc(COc2ccccc2C(=O)Nc2nnc(C3CC3)s2)no1. The lowest BCUT2D eigenvalue weighted by Crippen LogP contribution is -2.13. The molecular weight excluding hydrogens is 342 g/mol. The van der Waals surface area contributed by atoms with E-state index in [2.05, 4.69) is 25.7 Å². The van der Waals surface area contributed by atoms with E-state index in [-0.39, 0.29) is 12.5 Å². The van der Waals surface area contributed by atoms with Crippen molar-refractivity contribution < 1.29 is 14.1 Å². The number of carbonyl (C=O) groups is 1. The van der Waals surface area contributed by atoms with Crippen molar-refractivity contribution in [1.82, 2.24) is 20.3 Å². The molecule has 1 aromatic carbocycles. The summed E-state index contributed by atoms with van der Waals surface area (Å²) in [5.41, 5.74) is 0.408. The smallest absolute Gasteiger partial charge is 0.261 e. The van der Waals surface area contributed by atoms with Crippen LogP contribution in [-0.2, 0) is 6.61 Å². The van der Waals surface area contributed by atoms with E-state index in [4.69, 9.17) is 9.26 Å². The highest BCUT2D eigenvalue weighted by Gasteiger charge is 2.28. The number of hydrogen-bond acceptors (Lipinski definition) is 8. The zero-order valence-electron chi connectivity index (χ0n) is 13.4. The molecule has 2 heterocycles. The Morgan fingerprint density at radius 2 is 2.20 bits per heavy atom. The van der Waals surface area contributed by atoms with Crippen LogP contribution in [-0.4, -0.2) is 26.2 Å². The maximum absolute atomic E-state index is 12.5. The molecule has 0 bridgehead atoms. The number of rotatable bonds is 6. The summed E-state index contributed by atoms with van der Waals surface area (Å²) in [6, 6.07) is 6.98. The number of nitrogens with zero attached hydrogens (tertiary/aromatic N) is 4. The van der Waals surface area contributed by atoms with Crippen molar-refractivity contribution in [3.63, 3.8) is 0 Å². The molecule has 8 nitrogen and oxygen atoms in total. The van der Waals surface area contributed by atoms with Crippen molar-refractivity contribution in [1.29, 1.82) is 0 Å². The lowest BCUT2D eigenvalue weighted by Gasteiger charge is -2.09. The minimum atomic E-state index is -0.293. The van der Waals surface area contributed by atoms with Crippen LogP contribution in [0.5, 0.6) is 5.75 Å². The third-order valence-electron chi connectivity index (χ3n) is 3.65. The van der Waals surface area contributed by atoms with Gasteiger partial charge < -0.3 is 9.26 Å². The number of ether oxygens (including phenoxy) is 1. The van der Waals surface area contributed by atoms with E-state index in [1.54, 1.807) is 31.2 Å². The molecule has 0 unspecified atom stereocenters. The highest BCUT2D eigenvalue weighted by Crippen LogP contribution is 2.42. The van der Waals surface area contributed by atoms with E-state index in [0.717, 1.165) is 17.8 Å². The summed E-state index contributed by atoms with van der Waals surface area (Å²) in [5.74, 6) is 1.54. The van der Waals surface area contributed by atoms with Gasteiger partial charge in [0.05, 0.1) is 5.56 Å². The van der Waals surface area contributed by atoms with Gasteiger partial charge in [-0.25, -0.2) is 0 Å². The molecule has 1 amide bonds. The topological polar surface area (TPSA) is 103 Å². The van der Waals surface area contributed by atoms with Gasteiger partial charge in [-0.15, -0.1) is 10.2 Å². The summed E-state index contributed by atoms with van der Waals surface area (Å²) in [6.07, 6.45) is 2.30. The Balaban J connectivity index is 1.45. The molecule has 9 heteroatoms. The van der Waals surface area contributed by atoms with Gasteiger partial charge >= 0.3 is 0 Å². The first-order valence-electron chi connectivity index (χ1n) is 7.85. The van der Waals surface area contributed by atoms with E-state index in [1.807, 2.05) is 0 Å². The first-order chi connectivity index (χ1) is 12.2. The third-order valence-corrected chi connectivity index (χ3v) is 4.65. The quantitative estimate of drug-likeness (QED) is 0.723. The number of hydrogen-bond donors (Lipinski definition) is 1. The second-order valence-corrected chi connectivity index (χ2v) is 6.70. The second-order valence-electron chi connectivity index (χ2n) is 5.69. The summed E-state index contributed by atoms with van der Waals surface area (Å²) in [7, 11) is 0. The molecule has 1 saturated carbocycles. The molecule has 1 aliphatic rings. The number of para-hydroxylation sites is 1. The molecule has 0 spiro atoms. The van der Waals surface area contributed by atoms with Crippen LogP contribution in [0.15, 0.2) is 28.8 Å². The summed E-state index contributed by atoms with van der Waals surface area (Å²) in [6.45, 7) is 1.82. The fourth-order valence-corrected chi connectivity index (χ4v) is 3.17. The van der Waals surface area contributed by atoms with Crippen LogP contribution in [0.25, 0.3) is 0 Å². The van der Waals surface area contributed by atoms with Gasteiger partial charge in [-0.1, -0.05) is 28.6 Å². The predicted molar refractivity (Wildman–Crippen MR) is 89.6 cm³/mol. The Kier molecular flexibility index (Phi) is 4.14. The summed E-state index contributed by atoms with van der Waals surface area (Å²) in [4.78, 5) is 16.6. The number of benzene rings is 1. The monoisotopic (exact) mass is 357 g/mol. The van der Waals surface area contributed by atoms with Crippen LogP contribution in [0.4, 0.5) is 5.13 Å². The number of nitrogens with one attached hydrogen (secondary N) is 1. The molecule has 2 aromatic heterocycles. The number of carbonyl (C=O) groups excluding carboxylic acids is 1.